The van der Waals surface area contributed by atoms with Gasteiger partial charge in [-0.25, -0.2) is 4.68 Å². The highest BCUT2D eigenvalue weighted by molar-refractivity contribution is 5.88. The Labute approximate surface area is 146 Å². The summed E-state index contributed by atoms with van der Waals surface area (Å²) in [6.45, 7) is 1.25. The predicted octanol–water partition coefficient (Wildman–Crippen LogP) is 1.65. The molecule has 1 aromatic heterocycles. The molecule has 1 aromatic carbocycles. The molecule has 2 aromatic rings. The first-order valence-corrected chi connectivity index (χ1v) is 9.01. The fraction of sp³-hybridized carbons (Fsp3) is 0.526. The van der Waals surface area contributed by atoms with Crippen LogP contribution < -0.4 is 5.56 Å². The number of hydrogen-bond acceptors (Lipinski definition) is 4. The van der Waals surface area contributed by atoms with Gasteiger partial charge < -0.3 is 9.64 Å². The summed E-state index contributed by atoms with van der Waals surface area (Å²) in [5.41, 5.74) is 0.534. The van der Waals surface area contributed by atoms with Crippen molar-refractivity contribution >= 4 is 16.7 Å². The van der Waals surface area contributed by atoms with Gasteiger partial charge in [-0.15, -0.1) is 0 Å². The number of fused-ring (bicyclic) bond motifs is 2. The third-order valence-corrected chi connectivity index (χ3v) is 5.40. The largest absolute Gasteiger partial charge is 0.374 e. The number of ether oxygens (including phenoxy) is 1. The average Bonchev–Trinajstić information content (AvgIpc) is 2.65. The summed E-state index contributed by atoms with van der Waals surface area (Å²) >= 11 is 0. The van der Waals surface area contributed by atoms with E-state index in [-0.39, 0.29) is 30.0 Å². The van der Waals surface area contributed by atoms with Crippen LogP contribution in [0.1, 0.15) is 31.4 Å². The Hall–Kier alpha value is -2.21. The Bertz CT molecular complexity index is 859. The molecule has 2 aliphatic rings. The number of morpholine rings is 1. The normalized spacial score (nSPS) is 23.5. The molecule has 0 unspecified atom stereocenters. The lowest BCUT2D eigenvalue weighted by Crippen LogP contribution is -2.55. The minimum atomic E-state index is -0.134. The molecule has 0 bridgehead atoms. The van der Waals surface area contributed by atoms with E-state index in [1.54, 1.807) is 13.1 Å². The van der Waals surface area contributed by atoms with E-state index in [1.165, 1.54) is 11.1 Å². The minimum absolute atomic E-state index is 0.0801. The van der Waals surface area contributed by atoms with Crippen LogP contribution in [-0.2, 0) is 23.0 Å². The smallest absolute Gasteiger partial charge is 0.274 e. The van der Waals surface area contributed by atoms with Gasteiger partial charge in [0.15, 0.2) is 0 Å². The van der Waals surface area contributed by atoms with E-state index in [0.717, 1.165) is 24.6 Å². The van der Waals surface area contributed by atoms with Gasteiger partial charge in [-0.1, -0.05) is 31.0 Å². The van der Waals surface area contributed by atoms with Crippen LogP contribution >= 0.6 is 0 Å². The summed E-state index contributed by atoms with van der Waals surface area (Å²) < 4.78 is 7.19. The van der Waals surface area contributed by atoms with Gasteiger partial charge in [0.1, 0.15) is 0 Å². The van der Waals surface area contributed by atoms with Crippen molar-refractivity contribution in [2.45, 2.75) is 44.2 Å². The van der Waals surface area contributed by atoms with Gasteiger partial charge in [-0.2, -0.15) is 5.10 Å². The lowest BCUT2D eigenvalue weighted by molar-refractivity contribution is -0.148. The summed E-state index contributed by atoms with van der Waals surface area (Å²) in [5.74, 6) is 0.0801. The van der Waals surface area contributed by atoms with Crippen molar-refractivity contribution in [2.24, 2.45) is 7.05 Å². The third kappa shape index (κ3) is 2.95. The van der Waals surface area contributed by atoms with Crippen LogP contribution in [0.25, 0.3) is 10.8 Å². The van der Waals surface area contributed by atoms with Crippen molar-refractivity contribution in [1.82, 2.24) is 14.7 Å². The first-order valence-electron chi connectivity index (χ1n) is 9.01. The van der Waals surface area contributed by atoms with E-state index in [1.807, 2.05) is 23.1 Å². The first kappa shape index (κ1) is 16.3. The quantitative estimate of drug-likeness (QED) is 0.833. The number of hydrogen-bond donors (Lipinski definition) is 0. The monoisotopic (exact) mass is 341 g/mol. The number of aromatic nitrogens is 2. The molecule has 6 heteroatoms. The fourth-order valence-electron chi connectivity index (χ4n) is 4.16. The van der Waals surface area contributed by atoms with Gasteiger partial charge in [0.2, 0.25) is 5.91 Å². The maximum absolute atomic E-state index is 13.0. The fourth-order valence-corrected chi connectivity index (χ4v) is 4.16. The molecule has 6 nitrogen and oxygen atoms in total. The number of amides is 1. The number of nitrogens with zero attached hydrogens (tertiary/aromatic N) is 3. The molecule has 132 valence electrons. The second-order valence-electron chi connectivity index (χ2n) is 6.95. The average molecular weight is 341 g/mol. The van der Waals surface area contributed by atoms with Crippen molar-refractivity contribution in [3.8, 4) is 0 Å². The molecule has 1 aliphatic carbocycles. The Morgan fingerprint density at radius 3 is 2.84 bits per heavy atom. The van der Waals surface area contributed by atoms with Crippen LogP contribution in [0.4, 0.5) is 0 Å². The van der Waals surface area contributed by atoms with Crippen molar-refractivity contribution in [2.75, 3.05) is 13.2 Å². The maximum Gasteiger partial charge on any atom is 0.274 e. The highest BCUT2D eigenvalue weighted by Gasteiger charge is 2.36. The van der Waals surface area contributed by atoms with Crippen LogP contribution in [-0.4, -0.2) is 45.9 Å². The van der Waals surface area contributed by atoms with E-state index in [4.69, 9.17) is 4.74 Å². The maximum atomic E-state index is 13.0. The zero-order valence-corrected chi connectivity index (χ0v) is 14.5. The second-order valence-corrected chi connectivity index (χ2v) is 6.95. The van der Waals surface area contributed by atoms with Gasteiger partial charge in [-0.05, 0) is 18.9 Å². The third-order valence-electron chi connectivity index (χ3n) is 5.40. The van der Waals surface area contributed by atoms with Gasteiger partial charge in [-0.3, -0.25) is 9.59 Å². The van der Waals surface area contributed by atoms with Crippen molar-refractivity contribution in [3.05, 3.63) is 40.3 Å². The van der Waals surface area contributed by atoms with Crippen molar-refractivity contribution in [3.63, 3.8) is 0 Å². The molecule has 2 atom stereocenters. The molecule has 0 N–H and O–H groups in total. The van der Waals surface area contributed by atoms with Crippen LogP contribution in [0.5, 0.6) is 0 Å². The Morgan fingerprint density at radius 2 is 2.00 bits per heavy atom. The van der Waals surface area contributed by atoms with Gasteiger partial charge in [0.25, 0.3) is 5.56 Å². The molecule has 0 radical (unpaired) electrons. The van der Waals surface area contributed by atoms with E-state index in [2.05, 4.69) is 5.10 Å². The summed E-state index contributed by atoms with van der Waals surface area (Å²) in [7, 11) is 1.63. The lowest BCUT2D eigenvalue weighted by atomic mass is 9.90. The van der Waals surface area contributed by atoms with E-state index in [9.17, 15) is 9.59 Å². The zero-order chi connectivity index (χ0) is 17.4. The summed E-state index contributed by atoms with van der Waals surface area (Å²) in [4.78, 5) is 27.2. The minimum Gasteiger partial charge on any atom is -0.374 e. The van der Waals surface area contributed by atoms with E-state index in [0.29, 0.717) is 24.2 Å². The van der Waals surface area contributed by atoms with Crippen LogP contribution in [0.3, 0.4) is 0 Å². The second kappa shape index (κ2) is 6.59. The van der Waals surface area contributed by atoms with Crippen LogP contribution in [0.15, 0.2) is 29.1 Å². The molecule has 2 heterocycles. The molecule has 25 heavy (non-hydrogen) atoms. The number of aryl methyl sites for hydroxylation is 1. The highest BCUT2D eigenvalue weighted by atomic mass is 16.5. The van der Waals surface area contributed by atoms with E-state index >= 15 is 0 Å². The molecular formula is C19H23N3O3. The molecular weight excluding hydrogens is 318 g/mol. The van der Waals surface area contributed by atoms with Crippen molar-refractivity contribution < 1.29 is 9.53 Å². The predicted molar refractivity (Wildman–Crippen MR) is 94.4 cm³/mol. The molecule has 1 saturated carbocycles. The SMILES string of the molecule is Cn1nc(CC(=O)N2CCO[C@H]3CCCC[C@H]32)c2ccccc2c1=O. The number of carbonyl (C=O) groups excluding carboxylic acids is 1. The summed E-state index contributed by atoms with van der Waals surface area (Å²) in [5, 5.41) is 5.75. The number of rotatable bonds is 2. The lowest BCUT2D eigenvalue weighted by Gasteiger charge is -2.43. The molecule has 1 aliphatic heterocycles. The topological polar surface area (TPSA) is 64.4 Å². The van der Waals surface area contributed by atoms with Crippen LogP contribution in [0.2, 0.25) is 0 Å². The Balaban J connectivity index is 1.64. The zero-order valence-electron chi connectivity index (χ0n) is 14.5. The molecule has 2 fully saturated rings. The molecule has 4 rings (SSSR count). The van der Waals surface area contributed by atoms with Crippen molar-refractivity contribution in [1.29, 1.82) is 0 Å². The molecule has 1 saturated heterocycles. The summed E-state index contributed by atoms with van der Waals surface area (Å²) in [6.07, 6.45) is 4.77. The molecule has 0 spiro atoms. The summed E-state index contributed by atoms with van der Waals surface area (Å²) in [6, 6.07) is 7.57. The highest BCUT2D eigenvalue weighted by Crippen LogP contribution is 2.29. The van der Waals surface area contributed by atoms with Gasteiger partial charge >= 0.3 is 0 Å². The number of benzene rings is 1. The Morgan fingerprint density at radius 1 is 1.24 bits per heavy atom. The van der Waals surface area contributed by atoms with Gasteiger partial charge in [0, 0.05) is 19.0 Å². The number of carbonyl (C=O) groups is 1. The van der Waals surface area contributed by atoms with Crippen LogP contribution in [0, 0.1) is 0 Å². The van der Waals surface area contributed by atoms with Gasteiger partial charge in [0.05, 0.1) is 36.3 Å². The Kier molecular flexibility index (Phi) is 4.29. The standard InChI is InChI=1S/C19H23N3O3/c1-21-19(24)14-7-3-2-6-13(14)15(20-21)12-18(23)22-10-11-25-17-9-5-4-8-16(17)22/h2-3,6-7,16-17H,4-5,8-12H2,1H3/t16-,17+/m1/s1. The first-order chi connectivity index (χ1) is 12.1. The molecule has 1 amide bonds. The van der Waals surface area contributed by atoms with E-state index < -0.39 is 0 Å².